The van der Waals surface area contributed by atoms with Crippen LogP contribution in [-0.2, 0) is 19.6 Å². The molecule has 1 fully saturated rings. The summed E-state index contributed by atoms with van der Waals surface area (Å²) in [5.74, 6) is 0.296. The smallest absolute Gasteiger partial charge is 0.265 e. The first-order chi connectivity index (χ1) is 13.8. The number of rotatable bonds is 8. The Kier molecular flexibility index (Phi) is 6.89. The highest BCUT2D eigenvalue weighted by atomic mass is 32.2. The lowest BCUT2D eigenvalue weighted by Crippen LogP contribution is -2.32. The summed E-state index contributed by atoms with van der Waals surface area (Å²) in [5, 5.41) is 2.73. The van der Waals surface area contributed by atoms with Crippen LogP contribution in [0.3, 0.4) is 0 Å². The fraction of sp³-hybridized carbons (Fsp3) is 0.381. The van der Waals surface area contributed by atoms with Crippen LogP contribution in [0.15, 0.2) is 53.4 Å². The summed E-state index contributed by atoms with van der Waals surface area (Å²) >= 11 is 0. The molecule has 3 rings (SSSR count). The Balaban J connectivity index is 1.55. The van der Waals surface area contributed by atoms with Gasteiger partial charge >= 0.3 is 0 Å². The van der Waals surface area contributed by atoms with Crippen LogP contribution < -0.4 is 14.8 Å². The Bertz CT molecular complexity index is 938. The van der Waals surface area contributed by atoms with Gasteiger partial charge in [0.05, 0.1) is 11.0 Å². The van der Waals surface area contributed by atoms with Gasteiger partial charge < -0.3 is 14.8 Å². The van der Waals surface area contributed by atoms with Crippen molar-refractivity contribution in [3.63, 3.8) is 0 Å². The first kappa shape index (κ1) is 21.3. The number of carbonyl (C=O) groups is 1. The maximum absolute atomic E-state index is 12.4. The third-order valence-corrected chi connectivity index (χ3v) is 6.07. The van der Waals surface area contributed by atoms with E-state index in [0.717, 1.165) is 18.4 Å². The molecule has 1 heterocycles. The zero-order valence-corrected chi connectivity index (χ0v) is 17.4. The minimum atomic E-state index is -3.62. The zero-order chi connectivity index (χ0) is 20.9. The van der Waals surface area contributed by atoms with Crippen molar-refractivity contribution in [3.8, 4) is 5.75 Å². The van der Waals surface area contributed by atoms with Crippen LogP contribution in [0.5, 0.6) is 5.75 Å². The summed E-state index contributed by atoms with van der Waals surface area (Å²) in [6, 6.07) is 13.5. The molecular formula is C21H26N2O5S. The van der Waals surface area contributed by atoms with E-state index in [1.807, 2.05) is 25.1 Å². The van der Waals surface area contributed by atoms with E-state index in [-0.39, 0.29) is 23.5 Å². The second-order valence-corrected chi connectivity index (χ2v) is 8.84. The Morgan fingerprint density at radius 1 is 1.24 bits per heavy atom. The van der Waals surface area contributed by atoms with Crippen LogP contribution in [0, 0.1) is 6.92 Å². The van der Waals surface area contributed by atoms with Crippen LogP contribution in [0.2, 0.25) is 0 Å². The van der Waals surface area contributed by atoms with Crippen molar-refractivity contribution >= 4 is 21.6 Å². The van der Waals surface area contributed by atoms with Gasteiger partial charge in [0.1, 0.15) is 5.75 Å². The molecule has 2 unspecified atom stereocenters. The van der Waals surface area contributed by atoms with Crippen molar-refractivity contribution in [2.75, 3.05) is 18.5 Å². The Hall–Kier alpha value is -2.42. The van der Waals surface area contributed by atoms with E-state index in [1.165, 1.54) is 12.1 Å². The molecule has 7 nitrogen and oxygen atoms in total. The third kappa shape index (κ3) is 6.03. The van der Waals surface area contributed by atoms with E-state index in [2.05, 4.69) is 10.0 Å². The lowest BCUT2D eigenvalue weighted by atomic mass is 10.2. The molecule has 29 heavy (non-hydrogen) atoms. The van der Waals surface area contributed by atoms with E-state index in [0.29, 0.717) is 18.0 Å². The molecule has 0 radical (unpaired) electrons. The fourth-order valence-electron chi connectivity index (χ4n) is 3.00. The molecule has 0 spiro atoms. The standard InChI is InChI=1S/C21H26N2O5S/c1-15-5-3-6-18(13-15)28-16(2)21(24)23-17-8-10-20(11-9-17)29(25,26)22-14-19-7-4-12-27-19/h3,5-6,8-11,13,16,19,22H,4,7,12,14H2,1-2H3,(H,23,24). The van der Waals surface area contributed by atoms with Gasteiger partial charge in [0, 0.05) is 18.8 Å². The molecular weight excluding hydrogens is 392 g/mol. The van der Waals surface area contributed by atoms with Gasteiger partial charge in [-0.15, -0.1) is 0 Å². The summed E-state index contributed by atoms with van der Waals surface area (Å²) in [6.45, 7) is 4.54. The number of amides is 1. The van der Waals surface area contributed by atoms with E-state index in [4.69, 9.17) is 9.47 Å². The number of hydrogen-bond donors (Lipinski definition) is 2. The van der Waals surface area contributed by atoms with E-state index < -0.39 is 16.1 Å². The predicted molar refractivity (Wildman–Crippen MR) is 111 cm³/mol. The molecule has 2 aromatic carbocycles. The number of aryl methyl sites for hydroxylation is 1. The van der Waals surface area contributed by atoms with Crippen molar-refractivity contribution in [2.24, 2.45) is 0 Å². The van der Waals surface area contributed by atoms with Crippen molar-refractivity contribution in [2.45, 2.75) is 43.8 Å². The van der Waals surface area contributed by atoms with Gasteiger partial charge in [-0.1, -0.05) is 12.1 Å². The van der Waals surface area contributed by atoms with Gasteiger partial charge in [-0.25, -0.2) is 13.1 Å². The van der Waals surface area contributed by atoms with Gasteiger partial charge in [-0.05, 0) is 68.7 Å². The summed E-state index contributed by atoms with van der Waals surface area (Å²) in [5.41, 5.74) is 1.53. The molecule has 156 valence electrons. The van der Waals surface area contributed by atoms with Gasteiger partial charge in [0.15, 0.2) is 6.10 Å². The van der Waals surface area contributed by atoms with Crippen molar-refractivity contribution < 1.29 is 22.7 Å². The molecule has 0 saturated carbocycles. The first-order valence-corrected chi connectivity index (χ1v) is 11.1. The minimum absolute atomic E-state index is 0.0711. The number of sulfonamides is 1. The topological polar surface area (TPSA) is 93.7 Å². The van der Waals surface area contributed by atoms with E-state index in [1.54, 1.807) is 25.1 Å². The molecule has 1 amide bonds. The molecule has 1 aliphatic rings. The summed E-state index contributed by atoms with van der Waals surface area (Å²) in [6.07, 6.45) is 1.04. The van der Waals surface area contributed by atoms with Crippen LogP contribution >= 0.6 is 0 Å². The second-order valence-electron chi connectivity index (χ2n) is 7.08. The molecule has 0 bridgehead atoms. The third-order valence-electron chi connectivity index (χ3n) is 4.63. The summed E-state index contributed by atoms with van der Waals surface area (Å²) in [7, 11) is -3.62. The largest absolute Gasteiger partial charge is 0.481 e. The second kappa shape index (κ2) is 9.39. The molecule has 2 aromatic rings. The summed E-state index contributed by atoms with van der Waals surface area (Å²) < 4.78 is 38.4. The number of carbonyl (C=O) groups excluding carboxylic acids is 1. The number of benzene rings is 2. The molecule has 0 aliphatic carbocycles. The van der Waals surface area contributed by atoms with Crippen LogP contribution in [-0.4, -0.2) is 39.7 Å². The highest BCUT2D eigenvalue weighted by molar-refractivity contribution is 7.89. The van der Waals surface area contributed by atoms with Crippen LogP contribution in [0.4, 0.5) is 5.69 Å². The van der Waals surface area contributed by atoms with Gasteiger partial charge in [0.25, 0.3) is 5.91 Å². The SMILES string of the molecule is Cc1cccc(OC(C)C(=O)Nc2ccc(S(=O)(=O)NCC3CCCO3)cc2)c1. The van der Waals surface area contributed by atoms with E-state index in [9.17, 15) is 13.2 Å². The lowest BCUT2D eigenvalue weighted by molar-refractivity contribution is -0.122. The van der Waals surface area contributed by atoms with Gasteiger partial charge in [0.2, 0.25) is 10.0 Å². The normalized spacial score (nSPS) is 17.7. The highest BCUT2D eigenvalue weighted by Gasteiger charge is 2.20. The van der Waals surface area contributed by atoms with Crippen molar-refractivity contribution in [1.29, 1.82) is 0 Å². The molecule has 8 heteroatoms. The minimum Gasteiger partial charge on any atom is -0.481 e. The number of nitrogens with one attached hydrogen (secondary N) is 2. The maximum atomic E-state index is 12.4. The maximum Gasteiger partial charge on any atom is 0.265 e. The van der Waals surface area contributed by atoms with E-state index >= 15 is 0 Å². The predicted octanol–water partition coefficient (Wildman–Crippen LogP) is 2.86. The Labute approximate surface area is 171 Å². The molecule has 2 N–H and O–H groups in total. The summed E-state index contributed by atoms with van der Waals surface area (Å²) in [4.78, 5) is 12.5. The van der Waals surface area contributed by atoms with Crippen molar-refractivity contribution in [1.82, 2.24) is 4.72 Å². The average molecular weight is 419 g/mol. The monoisotopic (exact) mass is 418 g/mol. The lowest BCUT2D eigenvalue weighted by Gasteiger charge is -2.15. The van der Waals surface area contributed by atoms with Crippen LogP contribution in [0.25, 0.3) is 0 Å². The molecule has 0 aromatic heterocycles. The average Bonchev–Trinajstić information content (AvgIpc) is 3.21. The molecule has 1 saturated heterocycles. The number of anilines is 1. The fourth-order valence-corrected chi connectivity index (χ4v) is 4.07. The number of hydrogen-bond acceptors (Lipinski definition) is 5. The quantitative estimate of drug-likeness (QED) is 0.688. The molecule has 1 aliphatic heterocycles. The Morgan fingerprint density at radius 2 is 2.00 bits per heavy atom. The van der Waals surface area contributed by atoms with Gasteiger partial charge in [-0.3, -0.25) is 4.79 Å². The first-order valence-electron chi connectivity index (χ1n) is 9.59. The van der Waals surface area contributed by atoms with Crippen LogP contribution in [0.1, 0.15) is 25.3 Å². The molecule has 2 atom stereocenters. The highest BCUT2D eigenvalue weighted by Crippen LogP contribution is 2.18. The van der Waals surface area contributed by atoms with Crippen molar-refractivity contribution in [3.05, 3.63) is 54.1 Å². The zero-order valence-electron chi connectivity index (χ0n) is 16.6. The Morgan fingerprint density at radius 3 is 2.66 bits per heavy atom. The van der Waals surface area contributed by atoms with Gasteiger partial charge in [-0.2, -0.15) is 0 Å². The number of ether oxygens (including phenoxy) is 2.